The third-order valence-electron chi connectivity index (χ3n) is 4.40. The Balaban J connectivity index is 1.77. The van der Waals surface area contributed by atoms with Crippen LogP contribution in [0, 0.1) is 0 Å². The van der Waals surface area contributed by atoms with Crippen LogP contribution in [0.15, 0.2) is 54.6 Å². The van der Waals surface area contributed by atoms with Crippen molar-refractivity contribution in [2.45, 2.75) is 0 Å². The monoisotopic (exact) mass is 412 g/mol. The van der Waals surface area contributed by atoms with Crippen LogP contribution in [0.3, 0.4) is 0 Å². The van der Waals surface area contributed by atoms with E-state index in [2.05, 4.69) is 0 Å². The van der Waals surface area contributed by atoms with Gasteiger partial charge in [-0.1, -0.05) is 53.5 Å². The summed E-state index contributed by atoms with van der Waals surface area (Å²) in [5, 5.41) is 10.7. The molecule has 0 spiro atoms. The minimum atomic E-state index is -0.902. The molecule has 0 atom stereocenters. The number of halogens is 2. The third kappa shape index (κ3) is 2.76. The molecule has 1 N–H and O–H groups in total. The number of hydrogen-bond donors (Lipinski definition) is 1. The summed E-state index contributed by atoms with van der Waals surface area (Å²) in [6.07, 6.45) is 0. The second-order valence-electron chi connectivity index (χ2n) is 6.02. The molecule has 0 aromatic heterocycles. The second-order valence-corrected chi connectivity index (χ2v) is 6.84. The first-order valence-electron chi connectivity index (χ1n) is 8.10. The first-order chi connectivity index (χ1) is 13.4. The van der Waals surface area contributed by atoms with E-state index in [9.17, 15) is 19.5 Å². The Labute approximate surface area is 169 Å². The van der Waals surface area contributed by atoms with Gasteiger partial charge in [-0.3, -0.25) is 9.59 Å². The molecule has 0 aliphatic heterocycles. The van der Waals surface area contributed by atoms with Crippen LogP contribution in [-0.2, 0) is 0 Å². The summed E-state index contributed by atoms with van der Waals surface area (Å²) in [7, 11) is 0. The van der Waals surface area contributed by atoms with E-state index in [0.29, 0.717) is 0 Å². The lowest BCUT2D eigenvalue weighted by Crippen LogP contribution is -2.21. The van der Waals surface area contributed by atoms with Gasteiger partial charge in [-0.15, -0.1) is 0 Å². The molecule has 0 saturated heterocycles. The maximum atomic E-state index is 12.8. The van der Waals surface area contributed by atoms with Crippen molar-refractivity contribution >= 4 is 40.7 Å². The van der Waals surface area contributed by atoms with E-state index >= 15 is 0 Å². The molecule has 0 unspecified atom stereocenters. The highest BCUT2D eigenvalue weighted by molar-refractivity contribution is 6.39. The average molecular weight is 413 g/mol. The van der Waals surface area contributed by atoms with Gasteiger partial charge in [0.2, 0.25) is 0 Å². The SMILES string of the molecule is O=C1c2ccccc2C(=O)c2c1ccc(OC(=O)c1c(Cl)cccc1Cl)c2O. The van der Waals surface area contributed by atoms with Gasteiger partial charge in [0.15, 0.2) is 23.1 Å². The number of carbonyl (C=O) groups excluding carboxylic acids is 3. The summed E-state index contributed by atoms with van der Waals surface area (Å²) in [6.45, 7) is 0. The molecular formula is C21H10Cl2O5. The topological polar surface area (TPSA) is 80.7 Å². The molecule has 0 fully saturated rings. The molecule has 0 saturated carbocycles. The minimum Gasteiger partial charge on any atom is -0.504 e. The zero-order valence-electron chi connectivity index (χ0n) is 14.0. The fourth-order valence-electron chi connectivity index (χ4n) is 3.08. The first-order valence-corrected chi connectivity index (χ1v) is 8.86. The molecule has 3 aromatic rings. The number of hydrogen-bond acceptors (Lipinski definition) is 5. The van der Waals surface area contributed by atoms with Gasteiger partial charge < -0.3 is 9.84 Å². The summed E-state index contributed by atoms with van der Waals surface area (Å²) in [4.78, 5) is 37.9. The molecule has 138 valence electrons. The largest absolute Gasteiger partial charge is 0.504 e. The molecule has 5 nitrogen and oxygen atoms in total. The summed E-state index contributed by atoms with van der Waals surface area (Å²) < 4.78 is 5.21. The minimum absolute atomic E-state index is 0.0387. The standard InChI is InChI=1S/C21H10Cl2O5/c22-13-6-3-7-14(23)17(13)21(27)28-15-9-8-12-16(20(15)26)19(25)11-5-2-1-4-10(11)18(12)24/h1-9,26H. The Morgan fingerprint density at radius 3 is 2.04 bits per heavy atom. The number of ether oxygens (including phenoxy) is 1. The van der Waals surface area contributed by atoms with Gasteiger partial charge in [-0.2, -0.15) is 0 Å². The van der Waals surface area contributed by atoms with Crippen LogP contribution in [0.4, 0.5) is 0 Å². The van der Waals surface area contributed by atoms with Crippen molar-refractivity contribution in [3.05, 3.63) is 92.5 Å². The van der Waals surface area contributed by atoms with Crippen molar-refractivity contribution < 1.29 is 24.2 Å². The van der Waals surface area contributed by atoms with Crippen LogP contribution >= 0.6 is 23.2 Å². The van der Waals surface area contributed by atoms with Crippen LogP contribution in [0.25, 0.3) is 0 Å². The molecule has 0 heterocycles. The Morgan fingerprint density at radius 1 is 0.786 bits per heavy atom. The lowest BCUT2D eigenvalue weighted by Gasteiger charge is -2.19. The zero-order valence-corrected chi connectivity index (χ0v) is 15.5. The van der Waals surface area contributed by atoms with Crippen LogP contribution in [0.2, 0.25) is 10.0 Å². The quantitative estimate of drug-likeness (QED) is 0.381. The van der Waals surface area contributed by atoms with Crippen molar-refractivity contribution in [1.29, 1.82) is 0 Å². The van der Waals surface area contributed by atoms with E-state index in [1.54, 1.807) is 24.3 Å². The van der Waals surface area contributed by atoms with Crippen LogP contribution < -0.4 is 4.74 Å². The van der Waals surface area contributed by atoms with E-state index < -0.39 is 23.3 Å². The number of phenols is 1. The maximum absolute atomic E-state index is 12.8. The van der Waals surface area contributed by atoms with Gasteiger partial charge in [0.05, 0.1) is 21.2 Å². The molecule has 3 aromatic carbocycles. The predicted molar refractivity (Wildman–Crippen MR) is 103 cm³/mol. The highest BCUT2D eigenvalue weighted by Crippen LogP contribution is 2.39. The summed E-state index contributed by atoms with van der Waals surface area (Å²) in [6, 6.07) is 13.4. The summed E-state index contributed by atoms with van der Waals surface area (Å²) >= 11 is 12.0. The Bertz CT molecular complexity index is 1160. The molecule has 28 heavy (non-hydrogen) atoms. The van der Waals surface area contributed by atoms with E-state index in [1.165, 1.54) is 30.3 Å². The van der Waals surface area contributed by atoms with Crippen molar-refractivity contribution in [3.8, 4) is 11.5 Å². The van der Waals surface area contributed by atoms with Gasteiger partial charge in [-0.25, -0.2) is 4.79 Å². The van der Waals surface area contributed by atoms with Gasteiger partial charge in [-0.05, 0) is 24.3 Å². The molecule has 0 amide bonds. The number of ketones is 2. The zero-order chi connectivity index (χ0) is 20.0. The normalized spacial score (nSPS) is 12.4. The molecule has 4 rings (SSSR count). The smallest absolute Gasteiger partial charge is 0.346 e. The lowest BCUT2D eigenvalue weighted by atomic mass is 9.83. The maximum Gasteiger partial charge on any atom is 0.346 e. The number of rotatable bonds is 2. The average Bonchev–Trinajstić information content (AvgIpc) is 2.67. The highest BCUT2D eigenvalue weighted by atomic mass is 35.5. The number of aromatic hydroxyl groups is 1. The lowest BCUT2D eigenvalue weighted by molar-refractivity contribution is 0.0728. The fourth-order valence-corrected chi connectivity index (χ4v) is 3.63. The van der Waals surface area contributed by atoms with E-state index in [-0.39, 0.29) is 43.6 Å². The number of carbonyl (C=O) groups is 3. The molecule has 0 radical (unpaired) electrons. The van der Waals surface area contributed by atoms with Gasteiger partial charge in [0, 0.05) is 16.7 Å². The van der Waals surface area contributed by atoms with E-state index in [1.807, 2.05) is 0 Å². The van der Waals surface area contributed by atoms with Gasteiger partial charge >= 0.3 is 5.97 Å². The molecular weight excluding hydrogens is 403 g/mol. The second kappa shape index (κ2) is 6.78. The number of phenolic OH excluding ortho intramolecular Hbond substituents is 1. The number of esters is 1. The van der Waals surface area contributed by atoms with Crippen LogP contribution in [0.1, 0.15) is 42.2 Å². The van der Waals surface area contributed by atoms with E-state index in [4.69, 9.17) is 27.9 Å². The van der Waals surface area contributed by atoms with Gasteiger partial charge in [0.1, 0.15) is 0 Å². The van der Waals surface area contributed by atoms with Crippen molar-refractivity contribution in [1.82, 2.24) is 0 Å². The van der Waals surface area contributed by atoms with Crippen LogP contribution in [-0.4, -0.2) is 22.6 Å². The fraction of sp³-hybridized carbons (Fsp3) is 0. The predicted octanol–water partition coefficient (Wildman–Crippen LogP) is 4.69. The molecule has 0 bridgehead atoms. The first kappa shape index (κ1) is 18.2. The van der Waals surface area contributed by atoms with E-state index in [0.717, 1.165) is 0 Å². The highest BCUT2D eigenvalue weighted by Gasteiger charge is 2.33. The molecule has 7 heteroatoms. The Morgan fingerprint density at radius 2 is 1.39 bits per heavy atom. The van der Waals surface area contributed by atoms with Crippen LogP contribution in [0.5, 0.6) is 11.5 Å². The van der Waals surface area contributed by atoms with Crippen molar-refractivity contribution in [2.75, 3.05) is 0 Å². The van der Waals surface area contributed by atoms with Crippen molar-refractivity contribution in [3.63, 3.8) is 0 Å². The number of benzene rings is 3. The molecule has 1 aliphatic carbocycles. The summed E-state index contributed by atoms with van der Waals surface area (Å²) in [5.41, 5.74) is 0.187. The molecule has 1 aliphatic rings. The summed E-state index contributed by atoms with van der Waals surface area (Å²) in [5.74, 6) is -2.70. The Hall–Kier alpha value is -3.15. The van der Waals surface area contributed by atoms with Crippen molar-refractivity contribution in [2.24, 2.45) is 0 Å². The Kier molecular flexibility index (Phi) is 4.41. The third-order valence-corrected chi connectivity index (χ3v) is 5.03. The van der Waals surface area contributed by atoms with Gasteiger partial charge in [0.25, 0.3) is 0 Å². The number of fused-ring (bicyclic) bond motifs is 2.